The third kappa shape index (κ3) is 5.82. The second kappa shape index (κ2) is 9.77. The summed E-state index contributed by atoms with van der Waals surface area (Å²) in [6.07, 6.45) is 2.63. The molecule has 0 saturated heterocycles. The van der Waals surface area contributed by atoms with E-state index in [0.29, 0.717) is 18.2 Å². The first kappa shape index (κ1) is 21.8. The van der Waals surface area contributed by atoms with Crippen LogP contribution in [0.5, 0.6) is 0 Å². The molecule has 4 rings (SSSR count). The number of carbonyl (C=O) groups excluding carboxylic acids is 2. The minimum atomic E-state index is -0.452. The van der Waals surface area contributed by atoms with Crippen molar-refractivity contribution in [2.75, 3.05) is 11.4 Å². The average molecular weight is 431 g/mol. The van der Waals surface area contributed by atoms with Crippen LogP contribution in [-0.4, -0.2) is 18.4 Å². The third-order valence-corrected chi connectivity index (χ3v) is 5.65. The van der Waals surface area contributed by atoms with E-state index in [4.69, 9.17) is 0 Å². The molecule has 5 heteroatoms. The average Bonchev–Trinajstić information content (AvgIpc) is 3.62. The monoisotopic (exact) mass is 430 g/mol. The van der Waals surface area contributed by atoms with Crippen LogP contribution in [0.2, 0.25) is 0 Å². The maximum atomic E-state index is 13.8. The zero-order valence-corrected chi connectivity index (χ0v) is 18.2. The van der Waals surface area contributed by atoms with Crippen molar-refractivity contribution in [3.05, 3.63) is 101 Å². The van der Waals surface area contributed by atoms with E-state index in [0.717, 1.165) is 23.2 Å². The number of nitrogens with zero attached hydrogens (tertiary/aromatic N) is 1. The number of aryl methyl sites for hydroxylation is 1. The Morgan fingerprint density at radius 2 is 1.72 bits per heavy atom. The number of rotatable bonds is 8. The minimum Gasteiger partial charge on any atom is -0.356 e. The van der Waals surface area contributed by atoms with Crippen molar-refractivity contribution in [3.63, 3.8) is 0 Å². The molecule has 2 amide bonds. The molecule has 0 unspecified atom stereocenters. The lowest BCUT2D eigenvalue weighted by molar-refractivity contribution is -0.120. The van der Waals surface area contributed by atoms with Gasteiger partial charge in [0.1, 0.15) is 5.82 Å². The van der Waals surface area contributed by atoms with E-state index in [1.165, 1.54) is 31.0 Å². The Hall–Kier alpha value is -3.47. The summed E-state index contributed by atoms with van der Waals surface area (Å²) >= 11 is 0. The van der Waals surface area contributed by atoms with Gasteiger partial charge in [-0.2, -0.15) is 0 Å². The van der Waals surface area contributed by atoms with Crippen molar-refractivity contribution >= 4 is 17.5 Å². The predicted molar refractivity (Wildman–Crippen MR) is 124 cm³/mol. The van der Waals surface area contributed by atoms with Gasteiger partial charge in [-0.15, -0.1) is 0 Å². The van der Waals surface area contributed by atoms with Crippen molar-refractivity contribution in [1.82, 2.24) is 5.32 Å². The van der Waals surface area contributed by atoms with Crippen LogP contribution in [0.25, 0.3) is 0 Å². The van der Waals surface area contributed by atoms with Gasteiger partial charge in [0.25, 0.3) is 5.91 Å². The Labute approximate surface area is 188 Å². The van der Waals surface area contributed by atoms with Gasteiger partial charge >= 0.3 is 0 Å². The summed E-state index contributed by atoms with van der Waals surface area (Å²) in [5.41, 5.74) is 3.89. The van der Waals surface area contributed by atoms with Gasteiger partial charge in [0.05, 0.1) is 13.0 Å². The molecule has 0 radical (unpaired) electrons. The summed E-state index contributed by atoms with van der Waals surface area (Å²) in [5.74, 6) is -0.137. The smallest absolute Gasteiger partial charge is 0.258 e. The topological polar surface area (TPSA) is 49.4 Å². The Kier molecular flexibility index (Phi) is 6.64. The first-order chi connectivity index (χ1) is 15.5. The molecule has 0 heterocycles. The van der Waals surface area contributed by atoms with Gasteiger partial charge in [-0.05, 0) is 67.1 Å². The van der Waals surface area contributed by atoms with Crippen molar-refractivity contribution in [3.8, 4) is 0 Å². The molecule has 0 aliphatic heterocycles. The van der Waals surface area contributed by atoms with E-state index in [2.05, 4.69) is 5.32 Å². The second-order valence-corrected chi connectivity index (χ2v) is 8.48. The fraction of sp³-hybridized carbons (Fsp3) is 0.259. The van der Waals surface area contributed by atoms with E-state index in [-0.39, 0.29) is 23.8 Å². The molecule has 1 aliphatic rings. The number of amides is 2. The largest absolute Gasteiger partial charge is 0.356 e. The highest BCUT2D eigenvalue weighted by molar-refractivity contribution is 6.06. The van der Waals surface area contributed by atoms with Crippen LogP contribution >= 0.6 is 0 Å². The molecule has 1 saturated carbocycles. The molecule has 3 aromatic carbocycles. The molecular formula is C27H27FN2O2. The van der Waals surface area contributed by atoms with Crippen molar-refractivity contribution < 1.29 is 14.0 Å². The molecule has 1 fully saturated rings. The summed E-state index contributed by atoms with van der Waals surface area (Å²) in [6.45, 7) is 3.08. The zero-order chi connectivity index (χ0) is 22.5. The van der Waals surface area contributed by atoms with Gasteiger partial charge < -0.3 is 10.2 Å². The highest BCUT2D eigenvalue weighted by atomic mass is 19.1. The first-order valence-electron chi connectivity index (χ1n) is 11.0. The molecular weight excluding hydrogens is 403 g/mol. The standard InChI is InChI=1S/C27H27FN2O2/c1-19-8-10-21(11-9-19)18-30(27(32)23-5-3-6-24(28)16-23)25-7-2-4-22(14-25)15-26(31)29-17-20-12-13-20/h2-11,14,16,20H,12-13,15,17-18H2,1H3,(H,29,31). The Morgan fingerprint density at radius 3 is 2.44 bits per heavy atom. The van der Waals surface area contributed by atoms with Gasteiger partial charge in [0.15, 0.2) is 0 Å². The quantitative estimate of drug-likeness (QED) is 0.544. The lowest BCUT2D eigenvalue weighted by atomic mass is 10.1. The molecule has 1 aliphatic carbocycles. The first-order valence-corrected chi connectivity index (χ1v) is 11.0. The van der Waals surface area contributed by atoms with E-state index >= 15 is 0 Å². The van der Waals surface area contributed by atoms with Gasteiger partial charge in [-0.25, -0.2) is 4.39 Å². The summed E-state index contributed by atoms with van der Waals surface area (Å²) in [4.78, 5) is 27.3. The predicted octanol–water partition coefficient (Wildman–Crippen LogP) is 5.05. The molecule has 32 heavy (non-hydrogen) atoms. The molecule has 0 spiro atoms. The van der Waals surface area contributed by atoms with Gasteiger partial charge in [0.2, 0.25) is 5.91 Å². The highest BCUT2D eigenvalue weighted by Gasteiger charge is 2.22. The molecule has 1 N–H and O–H groups in total. The Balaban J connectivity index is 1.58. The van der Waals surface area contributed by atoms with Crippen LogP contribution in [0.1, 0.15) is 39.9 Å². The number of hydrogen-bond donors (Lipinski definition) is 1. The molecule has 164 valence electrons. The van der Waals surface area contributed by atoms with Crippen LogP contribution in [0, 0.1) is 18.7 Å². The maximum Gasteiger partial charge on any atom is 0.258 e. The number of halogens is 1. The number of carbonyl (C=O) groups is 2. The summed E-state index contributed by atoms with van der Waals surface area (Å²) in [6, 6.07) is 21.1. The zero-order valence-electron chi connectivity index (χ0n) is 18.2. The fourth-order valence-electron chi connectivity index (χ4n) is 3.60. The van der Waals surface area contributed by atoms with Gasteiger partial charge in [-0.1, -0.05) is 48.0 Å². The number of benzene rings is 3. The van der Waals surface area contributed by atoms with Crippen LogP contribution < -0.4 is 10.2 Å². The van der Waals surface area contributed by atoms with E-state index in [1.807, 2.05) is 55.5 Å². The molecule has 3 aromatic rings. The van der Waals surface area contributed by atoms with Crippen LogP contribution in [0.3, 0.4) is 0 Å². The fourth-order valence-corrected chi connectivity index (χ4v) is 3.60. The maximum absolute atomic E-state index is 13.8. The summed E-state index contributed by atoms with van der Waals surface area (Å²) in [5, 5.41) is 2.98. The van der Waals surface area contributed by atoms with Gasteiger partial charge in [0, 0.05) is 17.8 Å². The number of hydrogen-bond acceptors (Lipinski definition) is 2. The van der Waals surface area contributed by atoms with Crippen LogP contribution in [0.4, 0.5) is 10.1 Å². The third-order valence-electron chi connectivity index (χ3n) is 5.65. The highest BCUT2D eigenvalue weighted by Crippen LogP contribution is 2.27. The molecule has 0 aromatic heterocycles. The summed E-state index contributed by atoms with van der Waals surface area (Å²) < 4.78 is 13.8. The second-order valence-electron chi connectivity index (χ2n) is 8.48. The lowest BCUT2D eigenvalue weighted by Gasteiger charge is -2.24. The van der Waals surface area contributed by atoms with Crippen molar-refractivity contribution in [1.29, 1.82) is 0 Å². The minimum absolute atomic E-state index is 0.0180. The lowest BCUT2D eigenvalue weighted by Crippen LogP contribution is -2.31. The Bertz CT molecular complexity index is 1110. The van der Waals surface area contributed by atoms with Gasteiger partial charge in [-0.3, -0.25) is 9.59 Å². The van der Waals surface area contributed by atoms with Crippen LogP contribution in [0.15, 0.2) is 72.8 Å². The Morgan fingerprint density at radius 1 is 0.969 bits per heavy atom. The number of anilines is 1. The molecule has 4 nitrogen and oxygen atoms in total. The van der Waals surface area contributed by atoms with E-state index in [1.54, 1.807) is 11.0 Å². The summed E-state index contributed by atoms with van der Waals surface area (Å²) in [7, 11) is 0. The van der Waals surface area contributed by atoms with E-state index in [9.17, 15) is 14.0 Å². The SMILES string of the molecule is Cc1ccc(CN(C(=O)c2cccc(F)c2)c2cccc(CC(=O)NCC3CC3)c2)cc1. The van der Waals surface area contributed by atoms with E-state index < -0.39 is 5.82 Å². The number of nitrogens with one attached hydrogen (secondary N) is 1. The van der Waals surface area contributed by atoms with Crippen molar-refractivity contribution in [2.45, 2.75) is 32.7 Å². The van der Waals surface area contributed by atoms with Crippen molar-refractivity contribution in [2.24, 2.45) is 5.92 Å². The molecule has 0 bridgehead atoms. The van der Waals surface area contributed by atoms with Crippen LogP contribution in [-0.2, 0) is 17.8 Å². The normalized spacial score (nSPS) is 12.9. The molecule has 0 atom stereocenters.